The summed E-state index contributed by atoms with van der Waals surface area (Å²) in [6.07, 6.45) is 1.14. The molecule has 0 aliphatic carbocycles. The molecule has 0 aromatic heterocycles. The summed E-state index contributed by atoms with van der Waals surface area (Å²) in [6, 6.07) is 12.5. The number of nitrogens with zero attached hydrogens (tertiary/aromatic N) is 1. The molecule has 1 heterocycles. The van der Waals surface area contributed by atoms with Gasteiger partial charge in [0.25, 0.3) is 0 Å². The normalized spacial score (nSPS) is 16.3. The van der Waals surface area contributed by atoms with E-state index >= 15 is 0 Å². The van der Waals surface area contributed by atoms with E-state index in [0.29, 0.717) is 33.2 Å². The van der Waals surface area contributed by atoms with Crippen LogP contribution in [0, 0.1) is 11.3 Å². The van der Waals surface area contributed by atoms with E-state index in [2.05, 4.69) is 0 Å². The third kappa shape index (κ3) is 3.68. The minimum atomic E-state index is 0.301. The Morgan fingerprint density at radius 1 is 1.24 bits per heavy atom. The predicted molar refractivity (Wildman–Crippen MR) is 81.1 cm³/mol. The van der Waals surface area contributed by atoms with Crippen LogP contribution in [-0.4, -0.2) is 12.7 Å². The number of epoxide rings is 1. The van der Waals surface area contributed by atoms with Crippen LogP contribution in [0.5, 0.6) is 11.5 Å². The largest absolute Gasteiger partial charge is 0.456 e. The van der Waals surface area contributed by atoms with Crippen molar-refractivity contribution < 1.29 is 9.47 Å². The molecule has 1 aliphatic rings. The minimum absolute atomic E-state index is 0.301. The molecule has 1 fully saturated rings. The highest BCUT2D eigenvalue weighted by atomic mass is 35.5. The topological polar surface area (TPSA) is 45.5 Å². The van der Waals surface area contributed by atoms with Gasteiger partial charge in [-0.2, -0.15) is 5.26 Å². The third-order valence-electron chi connectivity index (χ3n) is 3.09. The van der Waals surface area contributed by atoms with Gasteiger partial charge in [0.2, 0.25) is 0 Å². The van der Waals surface area contributed by atoms with E-state index in [0.717, 1.165) is 18.6 Å². The molecule has 0 N–H and O–H groups in total. The van der Waals surface area contributed by atoms with Crippen molar-refractivity contribution in [2.75, 3.05) is 6.61 Å². The van der Waals surface area contributed by atoms with Gasteiger partial charge in [0.15, 0.2) is 0 Å². The van der Waals surface area contributed by atoms with Crippen molar-refractivity contribution in [3.05, 3.63) is 57.6 Å². The van der Waals surface area contributed by atoms with Crippen molar-refractivity contribution in [1.82, 2.24) is 0 Å². The Hall–Kier alpha value is -1.73. The molecule has 2 aromatic carbocycles. The number of benzene rings is 2. The molecule has 106 valence electrons. The molecule has 1 atom stereocenters. The van der Waals surface area contributed by atoms with Gasteiger partial charge in [-0.1, -0.05) is 29.3 Å². The van der Waals surface area contributed by atoms with Crippen LogP contribution in [0.4, 0.5) is 0 Å². The smallest absolute Gasteiger partial charge is 0.146 e. The second-order valence-corrected chi connectivity index (χ2v) is 5.66. The maximum absolute atomic E-state index is 8.95. The molecule has 5 heteroatoms. The molecule has 3 rings (SSSR count). The fourth-order valence-corrected chi connectivity index (χ4v) is 2.40. The fourth-order valence-electron chi connectivity index (χ4n) is 2.01. The summed E-state index contributed by atoms with van der Waals surface area (Å²) in [5.74, 6) is 1.03. The Labute approximate surface area is 132 Å². The van der Waals surface area contributed by atoms with E-state index < -0.39 is 0 Å². The summed E-state index contributed by atoms with van der Waals surface area (Å²) in [5.41, 5.74) is 1.54. The monoisotopic (exact) mass is 319 g/mol. The van der Waals surface area contributed by atoms with Gasteiger partial charge >= 0.3 is 0 Å². The lowest BCUT2D eigenvalue weighted by Crippen LogP contribution is -1.94. The zero-order chi connectivity index (χ0) is 14.8. The van der Waals surface area contributed by atoms with Crippen LogP contribution in [0.25, 0.3) is 0 Å². The molecular formula is C16H11Cl2NO2. The van der Waals surface area contributed by atoms with Crippen molar-refractivity contribution in [1.29, 1.82) is 5.26 Å². The van der Waals surface area contributed by atoms with Crippen LogP contribution in [0.2, 0.25) is 10.0 Å². The first kappa shape index (κ1) is 14.2. The number of rotatable bonds is 4. The highest BCUT2D eigenvalue weighted by Crippen LogP contribution is 2.33. The van der Waals surface area contributed by atoms with Crippen molar-refractivity contribution in [2.45, 2.75) is 12.5 Å². The first-order chi connectivity index (χ1) is 10.1. The molecule has 0 spiro atoms. The Balaban J connectivity index is 1.86. The quantitative estimate of drug-likeness (QED) is 0.774. The molecule has 0 bridgehead atoms. The highest BCUT2D eigenvalue weighted by Gasteiger charge is 2.23. The Bertz CT molecular complexity index is 721. The van der Waals surface area contributed by atoms with Gasteiger partial charge in [0.1, 0.15) is 11.5 Å². The highest BCUT2D eigenvalue weighted by molar-refractivity contribution is 6.32. The Morgan fingerprint density at radius 3 is 2.76 bits per heavy atom. The summed E-state index contributed by atoms with van der Waals surface area (Å²) in [6.45, 7) is 0.804. The number of hydrogen-bond donors (Lipinski definition) is 0. The minimum Gasteiger partial charge on any atom is -0.456 e. The molecular weight excluding hydrogens is 309 g/mol. The maximum atomic E-state index is 8.95. The molecule has 1 unspecified atom stereocenters. The molecule has 3 nitrogen and oxygen atoms in total. The van der Waals surface area contributed by atoms with Crippen molar-refractivity contribution >= 4 is 23.2 Å². The molecule has 21 heavy (non-hydrogen) atoms. The average molecular weight is 320 g/mol. The van der Waals surface area contributed by atoms with E-state index in [4.69, 9.17) is 37.9 Å². The van der Waals surface area contributed by atoms with Crippen molar-refractivity contribution in [3.8, 4) is 17.6 Å². The van der Waals surface area contributed by atoms with Crippen LogP contribution >= 0.6 is 23.2 Å². The fraction of sp³-hybridized carbons (Fsp3) is 0.188. The van der Waals surface area contributed by atoms with E-state index in [1.807, 2.05) is 18.2 Å². The number of halogens is 2. The summed E-state index contributed by atoms with van der Waals surface area (Å²) in [5, 5.41) is 9.91. The van der Waals surface area contributed by atoms with Gasteiger partial charge in [-0.25, -0.2) is 0 Å². The first-order valence-electron chi connectivity index (χ1n) is 6.42. The van der Waals surface area contributed by atoms with Crippen LogP contribution in [0.15, 0.2) is 36.4 Å². The van der Waals surface area contributed by atoms with Crippen LogP contribution < -0.4 is 4.74 Å². The number of hydrogen-bond acceptors (Lipinski definition) is 3. The first-order valence-corrected chi connectivity index (χ1v) is 7.18. The average Bonchev–Trinajstić information content (AvgIpc) is 3.26. The van der Waals surface area contributed by atoms with Gasteiger partial charge < -0.3 is 9.47 Å². The summed E-state index contributed by atoms with van der Waals surface area (Å²) < 4.78 is 11.0. The lowest BCUT2D eigenvalue weighted by molar-refractivity contribution is 0.407. The summed E-state index contributed by atoms with van der Waals surface area (Å²) in [7, 11) is 0. The van der Waals surface area contributed by atoms with Gasteiger partial charge in [-0.15, -0.1) is 0 Å². The van der Waals surface area contributed by atoms with Gasteiger partial charge in [-0.3, -0.25) is 0 Å². The molecule has 0 saturated carbocycles. The van der Waals surface area contributed by atoms with Crippen LogP contribution in [0.3, 0.4) is 0 Å². The van der Waals surface area contributed by atoms with Crippen LogP contribution in [-0.2, 0) is 11.2 Å². The molecule has 1 aliphatic heterocycles. The lowest BCUT2D eigenvalue weighted by atomic mass is 10.1. The molecule has 1 saturated heterocycles. The summed E-state index contributed by atoms with van der Waals surface area (Å²) in [4.78, 5) is 0. The van der Waals surface area contributed by atoms with Crippen molar-refractivity contribution in [2.24, 2.45) is 0 Å². The zero-order valence-corrected chi connectivity index (χ0v) is 12.5. The second kappa shape index (κ2) is 5.95. The summed E-state index contributed by atoms with van der Waals surface area (Å²) >= 11 is 12.1. The SMILES string of the molecule is N#Cc1cc(Cl)cc(Oc2cc(CC3CO3)ccc2Cl)c1. The standard InChI is InChI=1S/C16H11Cl2NO2/c17-12-3-11(8-19)5-13(7-12)21-16-6-10(1-2-15(16)18)4-14-9-20-14/h1-3,5-7,14H,4,9H2. The molecule has 0 radical (unpaired) electrons. The third-order valence-corrected chi connectivity index (χ3v) is 3.62. The maximum Gasteiger partial charge on any atom is 0.146 e. The zero-order valence-electron chi connectivity index (χ0n) is 11.0. The van der Waals surface area contributed by atoms with Crippen LogP contribution in [0.1, 0.15) is 11.1 Å². The predicted octanol–water partition coefficient (Wildman–Crippen LogP) is 4.60. The van der Waals surface area contributed by atoms with Crippen molar-refractivity contribution in [3.63, 3.8) is 0 Å². The van der Waals surface area contributed by atoms with Gasteiger partial charge in [0, 0.05) is 11.4 Å². The van der Waals surface area contributed by atoms with Gasteiger partial charge in [-0.05, 0) is 35.9 Å². The van der Waals surface area contributed by atoms with Gasteiger partial charge in [0.05, 0.1) is 29.4 Å². The van der Waals surface area contributed by atoms with E-state index in [9.17, 15) is 0 Å². The Morgan fingerprint density at radius 2 is 2.05 bits per heavy atom. The molecule has 0 amide bonds. The van der Waals surface area contributed by atoms with E-state index in [1.165, 1.54) is 0 Å². The Kier molecular flexibility index (Phi) is 4.03. The number of nitriles is 1. The number of ether oxygens (including phenoxy) is 2. The van der Waals surface area contributed by atoms with E-state index in [-0.39, 0.29) is 0 Å². The lowest BCUT2D eigenvalue weighted by Gasteiger charge is -2.10. The molecule has 2 aromatic rings. The van der Waals surface area contributed by atoms with E-state index in [1.54, 1.807) is 24.3 Å². The second-order valence-electron chi connectivity index (χ2n) is 4.81.